The molecule has 0 aliphatic heterocycles. The van der Waals surface area contributed by atoms with E-state index in [-0.39, 0.29) is 5.41 Å². The van der Waals surface area contributed by atoms with Crippen molar-refractivity contribution in [3.8, 4) is 0 Å². The van der Waals surface area contributed by atoms with E-state index >= 15 is 0 Å². The van der Waals surface area contributed by atoms with Gasteiger partial charge in [-0.3, -0.25) is 9.89 Å². The van der Waals surface area contributed by atoms with E-state index < -0.39 is 11.9 Å². The summed E-state index contributed by atoms with van der Waals surface area (Å²) in [6.07, 6.45) is 3.56. The number of fused-ring (bicyclic) bond motifs is 1. The fourth-order valence-electron chi connectivity index (χ4n) is 2.22. The first-order valence-electron chi connectivity index (χ1n) is 4.77. The molecule has 0 saturated carbocycles. The van der Waals surface area contributed by atoms with E-state index in [0.29, 0.717) is 0 Å². The highest BCUT2D eigenvalue weighted by atomic mass is 16.4. The molecule has 14 heavy (non-hydrogen) atoms. The Morgan fingerprint density at radius 1 is 1.71 bits per heavy atom. The Hall–Kier alpha value is -1.32. The molecule has 0 radical (unpaired) electrons. The van der Waals surface area contributed by atoms with Crippen LogP contribution in [0.1, 0.15) is 37.4 Å². The molecule has 2 rings (SSSR count). The third-order valence-electron chi connectivity index (χ3n) is 3.11. The minimum Gasteiger partial charge on any atom is -0.481 e. The molecule has 1 aromatic heterocycles. The second-order valence-corrected chi connectivity index (χ2v) is 4.57. The van der Waals surface area contributed by atoms with Crippen LogP contribution in [0.5, 0.6) is 0 Å². The molecule has 1 heterocycles. The number of nitrogens with one attached hydrogen (secondary N) is 1. The number of aliphatic carboxylic acids is 1. The van der Waals surface area contributed by atoms with Gasteiger partial charge < -0.3 is 5.11 Å². The molecule has 4 nitrogen and oxygen atoms in total. The minimum absolute atomic E-state index is 0.189. The van der Waals surface area contributed by atoms with Crippen molar-refractivity contribution in [3.63, 3.8) is 0 Å². The van der Waals surface area contributed by atoms with Gasteiger partial charge in [0, 0.05) is 0 Å². The first-order chi connectivity index (χ1) is 6.52. The topological polar surface area (TPSA) is 66.0 Å². The number of nitrogens with zero attached hydrogens (tertiary/aromatic N) is 1. The number of aryl methyl sites for hydroxylation is 1. The smallest absolute Gasteiger partial charge is 0.313 e. The van der Waals surface area contributed by atoms with Crippen molar-refractivity contribution in [3.05, 3.63) is 17.5 Å². The highest BCUT2D eigenvalue weighted by Crippen LogP contribution is 2.44. The van der Waals surface area contributed by atoms with Crippen molar-refractivity contribution >= 4 is 5.97 Å². The molecule has 1 unspecified atom stereocenters. The Morgan fingerprint density at radius 2 is 2.43 bits per heavy atom. The maximum Gasteiger partial charge on any atom is 0.313 e. The largest absolute Gasteiger partial charge is 0.481 e. The lowest BCUT2D eigenvalue weighted by molar-refractivity contribution is -0.142. The van der Waals surface area contributed by atoms with Crippen LogP contribution in [0, 0.1) is 5.41 Å². The van der Waals surface area contributed by atoms with E-state index in [1.807, 2.05) is 13.8 Å². The summed E-state index contributed by atoms with van der Waals surface area (Å²) < 4.78 is 0. The predicted molar refractivity (Wildman–Crippen MR) is 51.1 cm³/mol. The number of aromatic nitrogens is 2. The van der Waals surface area contributed by atoms with Gasteiger partial charge in [-0.15, -0.1) is 0 Å². The van der Waals surface area contributed by atoms with Crippen molar-refractivity contribution in [2.75, 3.05) is 0 Å². The summed E-state index contributed by atoms with van der Waals surface area (Å²) in [5, 5.41) is 15.9. The number of carbonyl (C=O) groups is 1. The minimum atomic E-state index is -0.764. The van der Waals surface area contributed by atoms with Crippen LogP contribution < -0.4 is 0 Å². The van der Waals surface area contributed by atoms with Gasteiger partial charge in [0.05, 0.1) is 11.9 Å². The molecular weight excluding hydrogens is 180 g/mol. The molecule has 1 aliphatic carbocycles. The molecule has 0 aromatic carbocycles. The van der Waals surface area contributed by atoms with E-state index in [1.54, 1.807) is 6.20 Å². The number of H-pyrrole nitrogens is 1. The van der Waals surface area contributed by atoms with Gasteiger partial charge in [0.2, 0.25) is 0 Å². The van der Waals surface area contributed by atoms with Gasteiger partial charge in [-0.05, 0) is 23.8 Å². The summed E-state index contributed by atoms with van der Waals surface area (Å²) in [5.41, 5.74) is 1.65. The zero-order chi connectivity index (χ0) is 10.3. The normalized spacial score (nSPS) is 24.3. The molecule has 4 heteroatoms. The Bertz CT molecular complexity index is 368. The molecule has 2 N–H and O–H groups in total. The zero-order valence-corrected chi connectivity index (χ0v) is 8.37. The number of hydrogen-bond donors (Lipinski definition) is 2. The van der Waals surface area contributed by atoms with Crippen LogP contribution in [0.25, 0.3) is 0 Å². The van der Waals surface area contributed by atoms with Gasteiger partial charge in [-0.1, -0.05) is 13.8 Å². The molecular formula is C10H14N2O2. The van der Waals surface area contributed by atoms with E-state index in [1.165, 1.54) is 0 Å². The van der Waals surface area contributed by atoms with Crippen LogP contribution in [0.4, 0.5) is 0 Å². The number of carboxylic acids is 1. The summed E-state index contributed by atoms with van der Waals surface area (Å²) >= 11 is 0. The fourth-order valence-corrected chi connectivity index (χ4v) is 2.22. The molecule has 0 saturated heterocycles. The third-order valence-corrected chi connectivity index (χ3v) is 3.11. The van der Waals surface area contributed by atoms with Crippen molar-refractivity contribution in [1.29, 1.82) is 0 Å². The Labute approximate surface area is 82.3 Å². The van der Waals surface area contributed by atoms with Crippen molar-refractivity contribution < 1.29 is 9.90 Å². The van der Waals surface area contributed by atoms with Crippen molar-refractivity contribution in [1.82, 2.24) is 10.2 Å². The van der Waals surface area contributed by atoms with Gasteiger partial charge in [-0.25, -0.2) is 0 Å². The lowest BCUT2D eigenvalue weighted by Crippen LogP contribution is -2.33. The van der Waals surface area contributed by atoms with Gasteiger partial charge in [0.1, 0.15) is 5.92 Å². The quantitative estimate of drug-likeness (QED) is 0.712. The first kappa shape index (κ1) is 9.24. The molecule has 1 aliphatic rings. The second-order valence-electron chi connectivity index (χ2n) is 4.57. The second kappa shape index (κ2) is 2.83. The standard InChI is InChI=1S/C10H14N2O2/c1-10(2)4-3-6-5-11-12-8(6)7(10)9(13)14/h5,7H,3-4H2,1-2H3,(H,11,12)(H,13,14). The molecule has 0 spiro atoms. The summed E-state index contributed by atoms with van der Waals surface area (Å²) in [6.45, 7) is 3.99. The van der Waals surface area contributed by atoms with Crippen molar-refractivity contribution in [2.24, 2.45) is 5.41 Å². The molecule has 0 fully saturated rings. The van der Waals surface area contributed by atoms with E-state index in [2.05, 4.69) is 10.2 Å². The van der Waals surface area contributed by atoms with Crippen LogP contribution in [0.15, 0.2) is 6.20 Å². The molecule has 0 amide bonds. The average Bonchev–Trinajstić information content (AvgIpc) is 2.48. The maximum atomic E-state index is 11.2. The van der Waals surface area contributed by atoms with Crippen LogP contribution >= 0.6 is 0 Å². The van der Waals surface area contributed by atoms with Crippen LogP contribution in [-0.4, -0.2) is 21.3 Å². The van der Waals surface area contributed by atoms with Crippen molar-refractivity contribution in [2.45, 2.75) is 32.6 Å². The summed E-state index contributed by atoms with van der Waals surface area (Å²) in [6, 6.07) is 0. The summed E-state index contributed by atoms with van der Waals surface area (Å²) in [7, 11) is 0. The van der Waals surface area contributed by atoms with Gasteiger partial charge >= 0.3 is 5.97 Å². The first-order valence-corrected chi connectivity index (χ1v) is 4.77. The molecule has 1 atom stereocenters. The van der Waals surface area contributed by atoms with E-state index in [0.717, 1.165) is 24.1 Å². The highest BCUT2D eigenvalue weighted by Gasteiger charge is 2.41. The predicted octanol–water partition coefficient (Wildman–Crippen LogP) is 1.55. The molecule has 1 aromatic rings. The zero-order valence-electron chi connectivity index (χ0n) is 8.37. The Morgan fingerprint density at radius 3 is 3.07 bits per heavy atom. The van der Waals surface area contributed by atoms with Crippen LogP contribution in [0.3, 0.4) is 0 Å². The number of hydrogen-bond acceptors (Lipinski definition) is 2. The SMILES string of the molecule is CC1(C)CCc2cn[nH]c2C1C(=O)O. The van der Waals surface area contributed by atoms with Crippen LogP contribution in [-0.2, 0) is 11.2 Å². The number of carboxylic acid groups (broad SMARTS) is 1. The van der Waals surface area contributed by atoms with Crippen LogP contribution in [0.2, 0.25) is 0 Å². The lowest BCUT2D eigenvalue weighted by Gasteiger charge is -2.35. The maximum absolute atomic E-state index is 11.2. The Balaban J connectivity index is 2.49. The van der Waals surface area contributed by atoms with Gasteiger partial charge in [0.15, 0.2) is 0 Å². The molecule has 76 valence electrons. The van der Waals surface area contributed by atoms with E-state index in [9.17, 15) is 9.90 Å². The third kappa shape index (κ3) is 1.22. The highest BCUT2D eigenvalue weighted by molar-refractivity contribution is 5.77. The average molecular weight is 194 g/mol. The fraction of sp³-hybridized carbons (Fsp3) is 0.600. The lowest BCUT2D eigenvalue weighted by atomic mass is 9.68. The number of aromatic amines is 1. The summed E-state index contributed by atoms with van der Waals surface area (Å²) in [4.78, 5) is 11.2. The van der Waals surface area contributed by atoms with Gasteiger partial charge in [0.25, 0.3) is 0 Å². The summed E-state index contributed by atoms with van der Waals surface area (Å²) in [5.74, 6) is -1.21. The van der Waals surface area contributed by atoms with E-state index in [4.69, 9.17) is 0 Å². The molecule has 0 bridgehead atoms. The van der Waals surface area contributed by atoms with Gasteiger partial charge in [-0.2, -0.15) is 5.10 Å². The number of rotatable bonds is 1. The monoisotopic (exact) mass is 194 g/mol. The Kier molecular flexibility index (Phi) is 1.87.